The van der Waals surface area contributed by atoms with Crippen molar-refractivity contribution in [2.75, 3.05) is 0 Å². The number of rotatable bonds is 2. The van der Waals surface area contributed by atoms with Crippen LogP contribution >= 0.6 is 0 Å². The van der Waals surface area contributed by atoms with Gasteiger partial charge in [-0.2, -0.15) is 13.2 Å². The molecule has 5 heteroatoms. The SMILES string of the molecule is CCC1C(C(=N)C(F)(F)F)=CC(=O)C1C. The van der Waals surface area contributed by atoms with E-state index in [1.807, 2.05) is 0 Å². The second-order valence-corrected chi connectivity index (χ2v) is 3.68. The van der Waals surface area contributed by atoms with Crippen LogP contribution in [0, 0.1) is 17.2 Å². The first kappa shape index (κ1) is 11.9. The van der Waals surface area contributed by atoms with E-state index in [1.165, 1.54) is 0 Å². The molecule has 0 amide bonds. The van der Waals surface area contributed by atoms with Gasteiger partial charge in [-0.05, 0) is 24.0 Å². The second-order valence-electron chi connectivity index (χ2n) is 3.68. The van der Waals surface area contributed by atoms with Crippen LogP contribution in [-0.4, -0.2) is 17.7 Å². The number of hydrogen-bond donors (Lipinski definition) is 1. The average molecular weight is 219 g/mol. The van der Waals surface area contributed by atoms with Crippen LogP contribution < -0.4 is 0 Å². The van der Waals surface area contributed by atoms with Crippen molar-refractivity contribution in [3.05, 3.63) is 11.6 Å². The number of halogens is 3. The third-order valence-electron chi connectivity index (χ3n) is 2.76. The van der Waals surface area contributed by atoms with Crippen molar-refractivity contribution in [2.24, 2.45) is 11.8 Å². The van der Waals surface area contributed by atoms with Crippen LogP contribution in [-0.2, 0) is 4.79 Å². The molecule has 2 nitrogen and oxygen atoms in total. The molecule has 1 N–H and O–H groups in total. The summed E-state index contributed by atoms with van der Waals surface area (Å²) in [6.07, 6.45) is -3.25. The molecule has 0 heterocycles. The molecular formula is C10H12F3NO. The van der Waals surface area contributed by atoms with Crippen molar-refractivity contribution in [2.45, 2.75) is 26.4 Å². The summed E-state index contributed by atoms with van der Waals surface area (Å²) < 4.78 is 36.9. The molecule has 0 saturated carbocycles. The predicted molar refractivity (Wildman–Crippen MR) is 49.8 cm³/mol. The highest BCUT2D eigenvalue weighted by Crippen LogP contribution is 2.36. The lowest BCUT2D eigenvalue weighted by Gasteiger charge is -2.18. The standard InChI is InChI=1S/C10H12F3NO/c1-3-6-5(2)8(15)4-7(6)9(14)10(11,12)13/h4-6,14H,3H2,1-2H3. The molecule has 0 aromatic carbocycles. The fraction of sp³-hybridized carbons (Fsp3) is 0.600. The van der Waals surface area contributed by atoms with Crippen molar-refractivity contribution >= 4 is 11.5 Å². The van der Waals surface area contributed by atoms with E-state index in [0.29, 0.717) is 6.42 Å². The molecule has 0 saturated heterocycles. The van der Waals surface area contributed by atoms with E-state index >= 15 is 0 Å². The number of allylic oxidation sites excluding steroid dienone is 2. The van der Waals surface area contributed by atoms with Crippen LogP contribution in [0.1, 0.15) is 20.3 Å². The monoisotopic (exact) mass is 219 g/mol. The fourth-order valence-electron chi connectivity index (χ4n) is 1.85. The molecule has 2 unspecified atom stereocenters. The topological polar surface area (TPSA) is 40.9 Å². The highest BCUT2D eigenvalue weighted by molar-refractivity contribution is 6.11. The first-order chi connectivity index (χ1) is 6.79. The molecule has 15 heavy (non-hydrogen) atoms. The highest BCUT2D eigenvalue weighted by atomic mass is 19.4. The van der Waals surface area contributed by atoms with Gasteiger partial charge in [0.2, 0.25) is 0 Å². The van der Waals surface area contributed by atoms with Crippen LogP contribution in [0.2, 0.25) is 0 Å². The Morgan fingerprint density at radius 1 is 1.53 bits per heavy atom. The third kappa shape index (κ3) is 2.11. The fourth-order valence-corrected chi connectivity index (χ4v) is 1.85. The summed E-state index contributed by atoms with van der Waals surface area (Å²) in [6, 6.07) is 0. The molecule has 0 spiro atoms. The lowest BCUT2D eigenvalue weighted by Crippen LogP contribution is -2.27. The van der Waals surface area contributed by atoms with E-state index in [1.54, 1.807) is 13.8 Å². The minimum Gasteiger partial charge on any atom is -0.296 e. The van der Waals surface area contributed by atoms with Gasteiger partial charge in [0.05, 0.1) is 0 Å². The van der Waals surface area contributed by atoms with E-state index in [4.69, 9.17) is 5.41 Å². The first-order valence-electron chi connectivity index (χ1n) is 4.70. The second kappa shape index (κ2) is 3.79. The van der Waals surface area contributed by atoms with E-state index in [0.717, 1.165) is 6.08 Å². The van der Waals surface area contributed by atoms with Crippen molar-refractivity contribution in [3.8, 4) is 0 Å². The zero-order valence-electron chi connectivity index (χ0n) is 8.48. The molecule has 0 bridgehead atoms. The van der Waals surface area contributed by atoms with Gasteiger partial charge in [0.15, 0.2) is 5.78 Å². The van der Waals surface area contributed by atoms with Gasteiger partial charge in [-0.1, -0.05) is 13.8 Å². The van der Waals surface area contributed by atoms with Gasteiger partial charge in [0, 0.05) is 5.92 Å². The summed E-state index contributed by atoms with van der Waals surface area (Å²) >= 11 is 0. The Morgan fingerprint density at radius 3 is 2.47 bits per heavy atom. The smallest absolute Gasteiger partial charge is 0.296 e. The zero-order valence-corrected chi connectivity index (χ0v) is 8.48. The minimum atomic E-state index is -4.66. The van der Waals surface area contributed by atoms with Gasteiger partial charge in [-0.3, -0.25) is 10.2 Å². The van der Waals surface area contributed by atoms with E-state index in [2.05, 4.69) is 0 Å². The quantitative estimate of drug-likeness (QED) is 0.713. The third-order valence-corrected chi connectivity index (χ3v) is 2.76. The molecule has 2 atom stereocenters. The van der Waals surface area contributed by atoms with Gasteiger partial charge in [0.1, 0.15) is 5.71 Å². The Balaban J connectivity index is 3.01. The molecule has 84 valence electrons. The molecular weight excluding hydrogens is 207 g/mol. The summed E-state index contributed by atoms with van der Waals surface area (Å²) in [5.74, 6) is -1.22. The Labute approximate surface area is 85.7 Å². The van der Waals surface area contributed by atoms with E-state index < -0.39 is 23.7 Å². The normalized spacial score (nSPS) is 26.7. The maximum atomic E-state index is 12.3. The predicted octanol–water partition coefficient (Wildman–Crippen LogP) is 2.74. The van der Waals surface area contributed by atoms with Gasteiger partial charge in [0.25, 0.3) is 0 Å². The van der Waals surface area contributed by atoms with Crippen LogP contribution in [0.3, 0.4) is 0 Å². The Kier molecular flexibility index (Phi) is 3.02. The lowest BCUT2D eigenvalue weighted by molar-refractivity contribution is -0.117. The van der Waals surface area contributed by atoms with Crippen LogP contribution in [0.25, 0.3) is 0 Å². The minimum absolute atomic E-state index is 0.164. The molecule has 1 rings (SSSR count). The number of ketones is 1. The van der Waals surface area contributed by atoms with E-state index in [9.17, 15) is 18.0 Å². The van der Waals surface area contributed by atoms with Crippen molar-refractivity contribution < 1.29 is 18.0 Å². The average Bonchev–Trinajstić information content (AvgIpc) is 2.40. The molecule has 0 fully saturated rings. The van der Waals surface area contributed by atoms with Crippen molar-refractivity contribution in [3.63, 3.8) is 0 Å². The maximum Gasteiger partial charge on any atom is 0.432 e. The summed E-state index contributed by atoms with van der Waals surface area (Å²) in [4.78, 5) is 11.2. The number of carbonyl (C=O) groups excluding carboxylic acids is 1. The summed E-state index contributed by atoms with van der Waals surface area (Å²) in [5.41, 5.74) is -1.55. The van der Waals surface area contributed by atoms with Crippen LogP contribution in [0.15, 0.2) is 11.6 Å². The van der Waals surface area contributed by atoms with E-state index in [-0.39, 0.29) is 11.4 Å². The molecule has 0 aromatic heterocycles. The van der Waals surface area contributed by atoms with Crippen LogP contribution in [0.4, 0.5) is 13.2 Å². The summed E-state index contributed by atoms with van der Waals surface area (Å²) in [5, 5.41) is 7.01. The molecule has 0 aromatic rings. The zero-order chi connectivity index (χ0) is 11.8. The van der Waals surface area contributed by atoms with Gasteiger partial charge in [-0.25, -0.2) is 0 Å². The molecule has 0 aliphatic heterocycles. The molecule has 1 aliphatic rings. The Hall–Kier alpha value is -1.13. The summed E-state index contributed by atoms with van der Waals surface area (Å²) in [6.45, 7) is 3.32. The van der Waals surface area contributed by atoms with Gasteiger partial charge < -0.3 is 0 Å². The summed E-state index contributed by atoms with van der Waals surface area (Å²) in [7, 11) is 0. The maximum absolute atomic E-state index is 12.3. The van der Waals surface area contributed by atoms with Crippen molar-refractivity contribution in [1.29, 1.82) is 5.41 Å². The number of hydrogen-bond acceptors (Lipinski definition) is 2. The van der Waals surface area contributed by atoms with Crippen LogP contribution in [0.5, 0.6) is 0 Å². The Morgan fingerprint density at radius 2 is 2.07 bits per heavy atom. The largest absolute Gasteiger partial charge is 0.432 e. The number of nitrogens with one attached hydrogen (secondary N) is 1. The van der Waals surface area contributed by atoms with Gasteiger partial charge >= 0.3 is 6.18 Å². The lowest BCUT2D eigenvalue weighted by atomic mass is 9.87. The highest BCUT2D eigenvalue weighted by Gasteiger charge is 2.43. The molecule has 1 aliphatic carbocycles. The molecule has 0 radical (unpaired) electrons. The number of carbonyl (C=O) groups is 1. The van der Waals surface area contributed by atoms with Crippen molar-refractivity contribution in [1.82, 2.24) is 0 Å². The number of alkyl halides is 3. The van der Waals surface area contributed by atoms with Gasteiger partial charge in [-0.15, -0.1) is 0 Å². The Bertz CT molecular complexity index is 330. The first-order valence-corrected chi connectivity index (χ1v) is 4.70.